The van der Waals surface area contributed by atoms with Gasteiger partial charge in [-0.15, -0.1) is 0 Å². The second-order valence-electron chi connectivity index (χ2n) is 6.48. The van der Waals surface area contributed by atoms with Gasteiger partial charge >= 0.3 is 0 Å². The first-order chi connectivity index (χ1) is 11.3. The second-order valence-corrected chi connectivity index (χ2v) is 6.92. The summed E-state index contributed by atoms with van der Waals surface area (Å²) in [7, 11) is 0. The van der Waals surface area contributed by atoms with Gasteiger partial charge in [-0.05, 0) is 57.2 Å². The van der Waals surface area contributed by atoms with Crippen molar-refractivity contribution in [2.75, 3.05) is 0 Å². The molecule has 0 atom stereocenters. The Hall–Kier alpha value is -2.53. The van der Waals surface area contributed by atoms with Crippen LogP contribution in [0.15, 0.2) is 53.1 Å². The van der Waals surface area contributed by atoms with Crippen LogP contribution in [0.5, 0.6) is 0 Å². The fraction of sp³-hybridized carbons (Fsp3) is 0.222. The first-order valence-corrected chi connectivity index (χ1v) is 7.94. The highest BCUT2D eigenvalue weighted by atomic mass is 35.5. The van der Waals surface area contributed by atoms with E-state index < -0.39 is 0 Å². The van der Waals surface area contributed by atoms with Crippen LogP contribution in [0.2, 0.25) is 5.02 Å². The molecule has 124 valence electrons. The fourth-order valence-corrected chi connectivity index (χ4v) is 2.40. The van der Waals surface area contributed by atoms with Crippen molar-refractivity contribution < 1.29 is 9.21 Å². The number of amides is 1. The van der Waals surface area contributed by atoms with Crippen LogP contribution in [0, 0.1) is 0 Å². The van der Waals surface area contributed by atoms with Crippen molar-refractivity contribution in [2.45, 2.75) is 26.3 Å². The van der Waals surface area contributed by atoms with Gasteiger partial charge in [0, 0.05) is 16.6 Å². The first kappa shape index (κ1) is 16.3. The number of aromatic nitrogens is 2. The van der Waals surface area contributed by atoms with E-state index in [-0.39, 0.29) is 11.4 Å². The van der Waals surface area contributed by atoms with Gasteiger partial charge in [0.05, 0.1) is 12.0 Å². The Bertz CT molecular complexity index is 844. The smallest absolute Gasteiger partial charge is 0.270 e. The molecule has 5 nitrogen and oxygen atoms in total. The lowest BCUT2D eigenvalue weighted by Gasteiger charge is -2.20. The Morgan fingerprint density at radius 2 is 1.92 bits per heavy atom. The zero-order valence-corrected chi connectivity index (χ0v) is 14.5. The molecule has 6 heteroatoms. The van der Waals surface area contributed by atoms with Gasteiger partial charge in [-0.25, -0.2) is 4.68 Å². The Labute approximate surface area is 145 Å². The predicted molar refractivity (Wildman–Crippen MR) is 93.5 cm³/mol. The number of carbonyl (C=O) groups is 1. The van der Waals surface area contributed by atoms with E-state index in [9.17, 15) is 4.79 Å². The van der Waals surface area contributed by atoms with Crippen molar-refractivity contribution in [1.82, 2.24) is 15.1 Å². The molecule has 0 radical (unpaired) electrons. The summed E-state index contributed by atoms with van der Waals surface area (Å²) in [5.74, 6) is 0.398. The van der Waals surface area contributed by atoms with Crippen LogP contribution in [0.4, 0.5) is 0 Å². The van der Waals surface area contributed by atoms with Crippen molar-refractivity contribution >= 4 is 17.5 Å². The Morgan fingerprint density at radius 3 is 2.50 bits per heavy atom. The summed E-state index contributed by atoms with van der Waals surface area (Å²) in [4.78, 5) is 12.7. The van der Waals surface area contributed by atoms with Crippen molar-refractivity contribution in [3.8, 4) is 17.1 Å². The van der Waals surface area contributed by atoms with Gasteiger partial charge in [0.25, 0.3) is 5.91 Å². The lowest BCUT2D eigenvalue weighted by Crippen LogP contribution is -2.41. The highest BCUT2D eigenvalue weighted by Crippen LogP contribution is 2.23. The summed E-state index contributed by atoms with van der Waals surface area (Å²) in [5.41, 5.74) is 1.42. The lowest BCUT2D eigenvalue weighted by atomic mass is 10.1. The maximum atomic E-state index is 12.7. The van der Waals surface area contributed by atoms with Gasteiger partial charge in [0.2, 0.25) is 0 Å². The molecule has 0 aliphatic carbocycles. The van der Waals surface area contributed by atoms with Crippen LogP contribution >= 0.6 is 11.6 Å². The summed E-state index contributed by atoms with van der Waals surface area (Å²) in [6.07, 6.45) is 1.57. The summed E-state index contributed by atoms with van der Waals surface area (Å²) in [6.45, 7) is 5.80. The normalized spacial score (nSPS) is 11.5. The van der Waals surface area contributed by atoms with Crippen molar-refractivity contribution in [2.24, 2.45) is 0 Å². The van der Waals surface area contributed by atoms with Crippen LogP contribution in [0.3, 0.4) is 0 Å². The minimum absolute atomic E-state index is 0.206. The van der Waals surface area contributed by atoms with E-state index in [1.54, 1.807) is 41.3 Å². The molecule has 0 unspecified atom stereocenters. The summed E-state index contributed by atoms with van der Waals surface area (Å²) >= 11 is 5.95. The number of nitrogens with zero attached hydrogens (tertiary/aromatic N) is 2. The van der Waals surface area contributed by atoms with Crippen molar-refractivity contribution in [1.29, 1.82) is 0 Å². The fourth-order valence-electron chi connectivity index (χ4n) is 2.27. The van der Waals surface area contributed by atoms with Gasteiger partial charge < -0.3 is 9.73 Å². The van der Waals surface area contributed by atoms with Crippen molar-refractivity contribution in [3.63, 3.8) is 0 Å². The monoisotopic (exact) mass is 343 g/mol. The quantitative estimate of drug-likeness (QED) is 0.770. The van der Waals surface area contributed by atoms with Gasteiger partial charge in [-0.3, -0.25) is 4.79 Å². The molecule has 0 aliphatic rings. The molecular weight excluding hydrogens is 326 g/mol. The SMILES string of the molecule is CC(C)(C)NC(=O)c1cc(-c2ccco2)nn1-c1ccc(Cl)cc1. The molecule has 0 spiro atoms. The predicted octanol–water partition coefficient (Wildman–Crippen LogP) is 4.31. The van der Waals surface area contributed by atoms with Gasteiger partial charge in [-0.2, -0.15) is 5.10 Å². The molecule has 0 bridgehead atoms. The number of nitrogens with one attached hydrogen (secondary N) is 1. The number of furan rings is 1. The van der Waals surface area contributed by atoms with Crippen LogP contribution < -0.4 is 5.32 Å². The first-order valence-electron chi connectivity index (χ1n) is 7.56. The minimum atomic E-state index is -0.350. The molecule has 3 aromatic rings. The largest absolute Gasteiger partial charge is 0.463 e. The highest BCUT2D eigenvalue weighted by molar-refractivity contribution is 6.30. The van der Waals surface area contributed by atoms with E-state index in [1.165, 1.54) is 0 Å². The molecule has 1 aromatic carbocycles. The average Bonchev–Trinajstić information content (AvgIpc) is 3.15. The average molecular weight is 344 g/mol. The topological polar surface area (TPSA) is 60.1 Å². The van der Waals surface area contributed by atoms with Crippen LogP contribution in [-0.2, 0) is 0 Å². The molecule has 0 aliphatic heterocycles. The van der Waals surface area contributed by atoms with E-state index in [0.29, 0.717) is 22.2 Å². The van der Waals surface area contributed by atoms with Gasteiger partial charge in [0.15, 0.2) is 5.76 Å². The molecule has 24 heavy (non-hydrogen) atoms. The lowest BCUT2D eigenvalue weighted by molar-refractivity contribution is 0.0911. The maximum Gasteiger partial charge on any atom is 0.270 e. The van der Waals surface area contributed by atoms with E-state index in [4.69, 9.17) is 16.0 Å². The van der Waals surface area contributed by atoms with Gasteiger partial charge in [0.1, 0.15) is 11.4 Å². The molecule has 0 saturated heterocycles. The number of benzene rings is 1. The standard InChI is InChI=1S/C18H18ClN3O2/c1-18(2,3)20-17(23)15-11-14(16-5-4-10-24-16)21-22(15)13-8-6-12(19)7-9-13/h4-11H,1-3H3,(H,20,23). The van der Waals surface area contributed by atoms with Crippen molar-refractivity contribution in [3.05, 3.63) is 59.4 Å². The molecule has 3 rings (SSSR count). The van der Waals surface area contributed by atoms with E-state index in [2.05, 4.69) is 10.4 Å². The zero-order chi connectivity index (χ0) is 17.3. The van der Waals surface area contributed by atoms with E-state index in [0.717, 1.165) is 5.69 Å². The maximum absolute atomic E-state index is 12.7. The van der Waals surface area contributed by atoms with E-state index in [1.807, 2.05) is 32.9 Å². The van der Waals surface area contributed by atoms with Crippen LogP contribution in [-0.4, -0.2) is 21.2 Å². The molecule has 2 aromatic heterocycles. The number of hydrogen-bond donors (Lipinski definition) is 1. The second kappa shape index (κ2) is 6.17. The summed E-state index contributed by atoms with van der Waals surface area (Å²) in [6, 6.07) is 12.5. The number of rotatable bonds is 3. The Kier molecular flexibility index (Phi) is 4.20. The molecule has 1 amide bonds. The Morgan fingerprint density at radius 1 is 1.21 bits per heavy atom. The molecular formula is C18H18ClN3O2. The minimum Gasteiger partial charge on any atom is -0.463 e. The third-order valence-corrected chi connectivity index (χ3v) is 3.53. The van der Waals surface area contributed by atoms with Crippen LogP contribution in [0.1, 0.15) is 31.3 Å². The number of halogens is 1. The summed E-state index contributed by atoms with van der Waals surface area (Å²) < 4.78 is 6.99. The molecule has 2 heterocycles. The number of carbonyl (C=O) groups excluding carboxylic acids is 1. The summed E-state index contributed by atoms with van der Waals surface area (Å²) in [5, 5.41) is 8.10. The molecule has 0 fully saturated rings. The number of hydrogen-bond acceptors (Lipinski definition) is 3. The van der Waals surface area contributed by atoms with E-state index >= 15 is 0 Å². The third kappa shape index (κ3) is 3.51. The molecule has 1 N–H and O–H groups in total. The highest BCUT2D eigenvalue weighted by Gasteiger charge is 2.22. The Balaban J connectivity index is 2.08. The van der Waals surface area contributed by atoms with Gasteiger partial charge in [-0.1, -0.05) is 11.6 Å². The third-order valence-electron chi connectivity index (χ3n) is 3.28. The van der Waals surface area contributed by atoms with Crippen LogP contribution in [0.25, 0.3) is 17.1 Å². The zero-order valence-electron chi connectivity index (χ0n) is 13.7. The molecule has 0 saturated carbocycles.